The van der Waals surface area contributed by atoms with Gasteiger partial charge in [-0.1, -0.05) is 0 Å². The second-order valence-corrected chi connectivity index (χ2v) is 3.22. The minimum absolute atomic E-state index is 0.136. The van der Waals surface area contributed by atoms with Gasteiger partial charge in [-0.05, 0) is 6.92 Å². The molecule has 0 saturated carbocycles. The van der Waals surface area contributed by atoms with Gasteiger partial charge >= 0.3 is 10.3 Å². The van der Waals surface area contributed by atoms with Gasteiger partial charge in [-0.3, -0.25) is 4.98 Å². The molecule has 0 aliphatic carbocycles. The Kier molecular flexibility index (Phi) is 2.25. The Morgan fingerprint density at radius 3 is 2.50 bits per heavy atom. The first kappa shape index (κ1) is 8.88. The van der Waals surface area contributed by atoms with Gasteiger partial charge in [0.25, 0.3) is 5.88 Å². The highest BCUT2D eigenvalue weighted by molar-refractivity contribution is 7.84. The Hall–Kier alpha value is -1.21. The second-order valence-electron chi connectivity index (χ2n) is 2.07. The van der Waals surface area contributed by atoms with Crippen LogP contribution < -0.4 is 9.32 Å². The van der Waals surface area contributed by atoms with Crippen LogP contribution in [0.15, 0.2) is 12.4 Å². The van der Waals surface area contributed by atoms with E-state index in [4.69, 9.17) is 0 Å². The van der Waals surface area contributed by atoms with Gasteiger partial charge in [-0.2, -0.15) is 13.6 Å². The van der Waals surface area contributed by atoms with E-state index in [-0.39, 0.29) is 5.88 Å². The lowest BCUT2D eigenvalue weighted by molar-refractivity contribution is 0.475. The number of nitrogens with two attached hydrogens (primary N) is 1. The van der Waals surface area contributed by atoms with Crippen LogP contribution in [0, 0.1) is 6.92 Å². The Morgan fingerprint density at radius 1 is 1.42 bits per heavy atom. The van der Waals surface area contributed by atoms with Crippen LogP contribution in [0.3, 0.4) is 0 Å². The number of aryl methyl sites for hydroxylation is 1. The first-order chi connectivity index (χ1) is 5.47. The van der Waals surface area contributed by atoms with E-state index >= 15 is 0 Å². The zero-order valence-electron chi connectivity index (χ0n) is 6.26. The first-order valence-electron chi connectivity index (χ1n) is 2.98. The molecule has 2 N–H and O–H groups in total. The molecule has 0 spiro atoms. The van der Waals surface area contributed by atoms with Gasteiger partial charge in [0, 0.05) is 0 Å². The first-order valence-corrected chi connectivity index (χ1v) is 4.45. The molecule has 7 heteroatoms. The molecule has 0 radical (unpaired) electrons. The maximum atomic E-state index is 10.4. The molecule has 0 unspecified atom stereocenters. The topological polar surface area (TPSA) is 95.2 Å². The molecule has 66 valence electrons. The van der Waals surface area contributed by atoms with Crippen LogP contribution in [-0.4, -0.2) is 18.4 Å². The number of nitrogens with zero attached hydrogens (tertiary/aromatic N) is 2. The zero-order chi connectivity index (χ0) is 9.19. The Labute approximate surface area is 69.7 Å². The van der Waals surface area contributed by atoms with E-state index in [1.54, 1.807) is 6.92 Å². The molecule has 0 atom stereocenters. The molecule has 1 aromatic rings. The molecule has 1 heterocycles. The summed E-state index contributed by atoms with van der Waals surface area (Å²) in [5.74, 6) is -0.136. The van der Waals surface area contributed by atoms with Crippen LogP contribution >= 0.6 is 0 Å². The van der Waals surface area contributed by atoms with Gasteiger partial charge in [0.05, 0.1) is 18.1 Å². The fourth-order valence-corrected chi connectivity index (χ4v) is 0.867. The fraction of sp³-hybridized carbons (Fsp3) is 0.200. The molecule has 1 aromatic heterocycles. The van der Waals surface area contributed by atoms with E-state index in [0.717, 1.165) is 0 Å². The summed E-state index contributed by atoms with van der Waals surface area (Å²) in [6.45, 7) is 1.72. The largest absolute Gasteiger partial charge is 0.381 e. The number of hydrogen-bond donors (Lipinski definition) is 1. The van der Waals surface area contributed by atoms with Gasteiger partial charge in [-0.25, -0.2) is 4.98 Å². The van der Waals surface area contributed by atoms with Gasteiger partial charge in [0.1, 0.15) is 0 Å². The fourth-order valence-electron chi connectivity index (χ4n) is 0.543. The van der Waals surface area contributed by atoms with E-state index in [1.807, 2.05) is 0 Å². The monoisotopic (exact) mass is 189 g/mol. The average molecular weight is 189 g/mol. The van der Waals surface area contributed by atoms with Gasteiger partial charge < -0.3 is 4.18 Å². The van der Waals surface area contributed by atoms with Crippen molar-refractivity contribution < 1.29 is 12.6 Å². The summed E-state index contributed by atoms with van der Waals surface area (Å²) in [4.78, 5) is 7.38. The minimum atomic E-state index is -3.99. The van der Waals surface area contributed by atoms with Crippen molar-refractivity contribution in [1.82, 2.24) is 9.97 Å². The van der Waals surface area contributed by atoms with Crippen LogP contribution in [0.1, 0.15) is 5.69 Å². The van der Waals surface area contributed by atoms with Crippen LogP contribution in [-0.2, 0) is 10.3 Å². The third-order valence-electron chi connectivity index (χ3n) is 0.959. The molecule has 0 saturated heterocycles. The van der Waals surface area contributed by atoms with Crippen molar-refractivity contribution in [3.63, 3.8) is 0 Å². The minimum Gasteiger partial charge on any atom is -0.349 e. The van der Waals surface area contributed by atoms with Crippen LogP contribution in [0.5, 0.6) is 5.88 Å². The predicted octanol–water partition coefficient (Wildman–Crippen LogP) is -0.633. The highest BCUT2D eigenvalue weighted by Crippen LogP contribution is 2.04. The molecular formula is C5H7N3O3S. The summed E-state index contributed by atoms with van der Waals surface area (Å²) in [5, 5.41) is 4.59. The molecule has 6 nitrogen and oxygen atoms in total. The molecule has 1 rings (SSSR count). The third-order valence-corrected chi connectivity index (χ3v) is 1.36. The number of rotatable bonds is 2. The predicted molar refractivity (Wildman–Crippen MR) is 40.5 cm³/mol. The Balaban J connectivity index is 2.85. The number of hydrogen-bond acceptors (Lipinski definition) is 5. The summed E-state index contributed by atoms with van der Waals surface area (Å²) < 4.78 is 25.0. The van der Waals surface area contributed by atoms with E-state index in [9.17, 15) is 8.42 Å². The van der Waals surface area contributed by atoms with Gasteiger partial charge in [0.2, 0.25) is 0 Å². The molecular weight excluding hydrogens is 182 g/mol. The summed E-state index contributed by atoms with van der Waals surface area (Å²) in [5.41, 5.74) is 0.664. The molecule has 0 amide bonds. The summed E-state index contributed by atoms with van der Waals surface area (Å²) in [6, 6.07) is 0. The van der Waals surface area contributed by atoms with Crippen molar-refractivity contribution in [3.05, 3.63) is 18.1 Å². The highest BCUT2D eigenvalue weighted by Gasteiger charge is 2.05. The van der Waals surface area contributed by atoms with E-state index in [0.29, 0.717) is 5.69 Å². The lowest BCUT2D eigenvalue weighted by Gasteiger charge is -1.99. The summed E-state index contributed by atoms with van der Waals surface area (Å²) in [7, 11) is -3.99. The molecule has 0 aromatic carbocycles. The number of aromatic nitrogens is 2. The van der Waals surface area contributed by atoms with Crippen LogP contribution in [0.4, 0.5) is 0 Å². The normalized spacial score (nSPS) is 11.2. The van der Waals surface area contributed by atoms with Crippen molar-refractivity contribution >= 4 is 10.3 Å². The Morgan fingerprint density at radius 2 is 2.08 bits per heavy atom. The second kappa shape index (κ2) is 3.03. The summed E-state index contributed by atoms with van der Waals surface area (Å²) in [6.07, 6.45) is 2.56. The van der Waals surface area contributed by atoms with Gasteiger partial charge in [-0.15, -0.1) is 0 Å². The molecule has 0 aliphatic heterocycles. The van der Waals surface area contributed by atoms with Crippen molar-refractivity contribution in [1.29, 1.82) is 0 Å². The lowest BCUT2D eigenvalue weighted by Crippen LogP contribution is -2.19. The molecule has 12 heavy (non-hydrogen) atoms. The van der Waals surface area contributed by atoms with Crippen molar-refractivity contribution in [2.24, 2.45) is 5.14 Å². The highest BCUT2D eigenvalue weighted by atomic mass is 32.2. The van der Waals surface area contributed by atoms with Gasteiger partial charge in [0.15, 0.2) is 0 Å². The molecule has 0 bridgehead atoms. The quantitative estimate of drug-likeness (QED) is 0.668. The maximum absolute atomic E-state index is 10.4. The Bertz CT molecular complexity index is 358. The van der Waals surface area contributed by atoms with Crippen molar-refractivity contribution in [2.45, 2.75) is 6.92 Å². The van der Waals surface area contributed by atoms with E-state index < -0.39 is 10.3 Å². The van der Waals surface area contributed by atoms with E-state index in [1.165, 1.54) is 12.4 Å². The third kappa shape index (κ3) is 2.81. The lowest BCUT2D eigenvalue weighted by atomic mass is 10.5. The van der Waals surface area contributed by atoms with Crippen molar-refractivity contribution in [2.75, 3.05) is 0 Å². The maximum Gasteiger partial charge on any atom is 0.381 e. The molecule has 0 aliphatic rings. The standard InChI is InChI=1S/C5H7N3O3S/c1-4-2-8-5(3-7-4)11-12(6,9)10/h2-3H,1H3,(H2,6,9,10). The van der Waals surface area contributed by atoms with Crippen LogP contribution in [0.25, 0.3) is 0 Å². The smallest absolute Gasteiger partial charge is 0.349 e. The SMILES string of the molecule is Cc1cnc(OS(N)(=O)=O)cn1. The molecule has 0 fully saturated rings. The zero-order valence-corrected chi connectivity index (χ0v) is 7.08. The van der Waals surface area contributed by atoms with Crippen molar-refractivity contribution in [3.8, 4) is 5.88 Å². The van der Waals surface area contributed by atoms with E-state index in [2.05, 4.69) is 19.3 Å². The van der Waals surface area contributed by atoms with Crippen LogP contribution in [0.2, 0.25) is 0 Å². The summed E-state index contributed by atoms with van der Waals surface area (Å²) >= 11 is 0. The average Bonchev–Trinajstić information content (AvgIpc) is 1.91.